The molecule has 1 saturated heterocycles. The molecule has 0 bridgehead atoms. The second kappa shape index (κ2) is 11.8. The van der Waals surface area contributed by atoms with Crippen molar-refractivity contribution in [2.24, 2.45) is 9.98 Å². The summed E-state index contributed by atoms with van der Waals surface area (Å²) in [6, 6.07) is 15.3. The van der Waals surface area contributed by atoms with Crippen LogP contribution in [0.3, 0.4) is 0 Å². The van der Waals surface area contributed by atoms with Crippen molar-refractivity contribution < 1.29 is 14.7 Å². The summed E-state index contributed by atoms with van der Waals surface area (Å²) in [4.78, 5) is 34.6. The van der Waals surface area contributed by atoms with Gasteiger partial charge in [0.15, 0.2) is 0 Å². The van der Waals surface area contributed by atoms with Crippen LogP contribution in [0.15, 0.2) is 58.5 Å². The second-order valence-electron chi connectivity index (χ2n) is 7.68. The third-order valence-corrected chi connectivity index (χ3v) is 5.22. The van der Waals surface area contributed by atoms with Gasteiger partial charge in [-0.1, -0.05) is 30.3 Å². The smallest absolute Gasteiger partial charge is 0.303 e. The lowest BCUT2D eigenvalue weighted by molar-refractivity contribution is -0.137. The molecule has 0 unspecified atom stereocenters. The number of carbonyl (C=O) groups excluding carboxylic acids is 1. The Labute approximate surface area is 183 Å². The molecular weight excluding hydrogens is 390 g/mol. The zero-order valence-corrected chi connectivity index (χ0v) is 17.7. The lowest BCUT2D eigenvalue weighted by Crippen LogP contribution is -2.35. The Kier molecular flexibility index (Phi) is 8.52. The molecule has 31 heavy (non-hydrogen) atoms. The van der Waals surface area contributed by atoms with Gasteiger partial charge >= 0.3 is 5.97 Å². The number of carboxylic acids is 1. The molecule has 1 aliphatic rings. The molecule has 0 radical (unpaired) electrons. The van der Waals surface area contributed by atoms with Crippen molar-refractivity contribution in [2.75, 3.05) is 13.1 Å². The first-order chi connectivity index (χ1) is 15.1. The molecule has 6 heteroatoms. The van der Waals surface area contributed by atoms with E-state index in [2.05, 4.69) is 9.98 Å². The summed E-state index contributed by atoms with van der Waals surface area (Å²) >= 11 is 0. The van der Waals surface area contributed by atoms with Crippen LogP contribution in [-0.2, 0) is 4.79 Å². The fourth-order valence-electron chi connectivity index (χ4n) is 3.51. The molecule has 1 fully saturated rings. The number of piperidine rings is 1. The topological polar surface area (TPSA) is 82.3 Å². The monoisotopic (exact) mass is 419 g/mol. The Morgan fingerprint density at radius 1 is 0.935 bits per heavy atom. The van der Waals surface area contributed by atoms with Gasteiger partial charge in [-0.25, -0.2) is 0 Å². The Morgan fingerprint density at radius 3 is 2.45 bits per heavy atom. The summed E-state index contributed by atoms with van der Waals surface area (Å²) < 4.78 is 0. The Hall–Kier alpha value is -3.28. The number of carboxylic acid groups (broad SMARTS) is 1. The largest absolute Gasteiger partial charge is 0.481 e. The number of carbonyl (C=O) groups is 2. The van der Waals surface area contributed by atoms with Crippen LogP contribution in [0.4, 0.5) is 11.4 Å². The molecule has 1 amide bonds. The molecule has 3 rings (SSSR count). The number of aliphatic imine (C=N–C) groups is 2. The van der Waals surface area contributed by atoms with Gasteiger partial charge in [0, 0.05) is 37.5 Å². The van der Waals surface area contributed by atoms with Crippen LogP contribution in [0.2, 0.25) is 0 Å². The highest BCUT2D eigenvalue weighted by Crippen LogP contribution is 2.30. The minimum Gasteiger partial charge on any atom is -0.481 e. The molecule has 1 N–H and O–H groups in total. The lowest BCUT2D eigenvalue weighted by atomic mass is 10.1. The number of rotatable bonds is 9. The number of aliphatic carboxylic acids is 1. The van der Waals surface area contributed by atoms with Crippen LogP contribution in [-0.4, -0.2) is 47.4 Å². The second-order valence-corrected chi connectivity index (χ2v) is 7.68. The van der Waals surface area contributed by atoms with Crippen LogP contribution in [0, 0.1) is 0 Å². The lowest BCUT2D eigenvalue weighted by Gasteiger charge is -2.26. The van der Waals surface area contributed by atoms with Crippen molar-refractivity contribution in [3.05, 3.63) is 59.7 Å². The maximum absolute atomic E-state index is 12.9. The van der Waals surface area contributed by atoms with Gasteiger partial charge in [0.25, 0.3) is 5.91 Å². The first-order valence-electron chi connectivity index (χ1n) is 10.9. The summed E-state index contributed by atoms with van der Waals surface area (Å²) in [5, 5.41) is 8.74. The highest BCUT2D eigenvalue weighted by Gasteiger charge is 2.19. The average Bonchev–Trinajstić information content (AvgIpc) is 2.81. The maximum Gasteiger partial charge on any atom is 0.303 e. The van der Waals surface area contributed by atoms with Crippen molar-refractivity contribution in [3.8, 4) is 0 Å². The van der Waals surface area contributed by atoms with Gasteiger partial charge < -0.3 is 10.0 Å². The van der Waals surface area contributed by atoms with Crippen LogP contribution in [0.1, 0.15) is 60.9 Å². The van der Waals surface area contributed by atoms with Crippen LogP contribution in [0.5, 0.6) is 0 Å². The van der Waals surface area contributed by atoms with E-state index in [4.69, 9.17) is 5.11 Å². The number of likely N-dealkylation sites (tertiary alicyclic amines) is 1. The zero-order valence-electron chi connectivity index (χ0n) is 17.7. The number of hydrogen-bond acceptors (Lipinski definition) is 4. The fourth-order valence-corrected chi connectivity index (χ4v) is 3.51. The fraction of sp³-hybridized carbons (Fsp3) is 0.360. The molecule has 162 valence electrons. The predicted molar refractivity (Wildman–Crippen MR) is 124 cm³/mol. The average molecular weight is 420 g/mol. The predicted octanol–water partition coefficient (Wildman–Crippen LogP) is 5.41. The number of unbranched alkanes of at least 4 members (excludes halogenated alkanes) is 2. The molecule has 0 spiro atoms. The highest BCUT2D eigenvalue weighted by molar-refractivity contribution is 5.96. The molecule has 6 nitrogen and oxygen atoms in total. The minimum absolute atomic E-state index is 0.0381. The van der Waals surface area contributed by atoms with E-state index in [-0.39, 0.29) is 12.3 Å². The van der Waals surface area contributed by atoms with Crippen LogP contribution in [0.25, 0.3) is 0 Å². The summed E-state index contributed by atoms with van der Waals surface area (Å²) in [5.74, 6) is -0.741. The van der Waals surface area contributed by atoms with Crippen molar-refractivity contribution in [3.63, 3.8) is 0 Å². The first kappa shape index (κ1) is 22.4. The van der Waals surface area contributed by atoms with Crippen LogP contribution >= 0.6 is 0 Å². The molecule has 1 aliphatic heterocycles. The van der Waals surface area contributed by atoms with Gasteiger partial charge in [-0.15, -0.1) is 0 Å². The number of hydrogen-bond donors (Lipinski definition) is 1. The summed E-state index contributed by atoms with van der Waals surface area (Å²) in [7, 11) is 0. The molecule has 2 aromatic rings. The quantitative estimate of drug-likeness (QED) is 0.436. The van der Waals surface area contributed by atoms with E-state index in [1.165, 1.54) is 6.42 Å². The molecule has 0 aromatic heterocycles. The van der Waals surface area contributed by atoms with E-state index in [1.54, 1.807) is 12.4 Å². The summed E-state index contributed by atoms with van der Waals surface area (Å²) in [6.07, 6.45) is 9.06. The Balaban J connectivity index is 1.77. The van der Waals surface area contributed by atoms with Gasteiger partial charge in [0.05, 0.1) is 11.4 Å². The van der Waals surface area contributed by atoms with E-state index in [0.717, 1.165) is 37.9 Å². The number of amides is 1. The van der Waals surface area contributed by atoms with Gasteiger partial charge in [0.1, 0.15) is 0 Å². The Bertz CT molecular complexity index is 932. The van der Waals surface area contributed by atoms with E-state index in [1.807, 2.05) is 53.4 Å². The third-order valence-electron chi connectivity index (χ3n) is 5.22. The number of benzene rings is 2. The van der Waals surface area contributed by atoms with Gasteiger partial charge in [0.2, 0.25) is 0 Å². The number of nitrogens with zero attached hydrogens (tertiary/aromatic N) is 3. The van der Waals surface area contributed by atoms with Crippen molar-refractivity contribution in [1.29, 1.82) is 0 Å². The zero-order chi connectivity index (χ0) is 21.9. The highest BCUT2D eigenvalue weighted by atomic mass is 16.4. The first-order valence-corrected chi connectivity index (χ1v) is 10.9. The van der Waals surface area contributed by atoms with Crippen molar-refractivity contribution in [1.82, 2.24) is 4.90 Å². The van der Waals surface area contributed by atoms with Crippen molar-refractivity contribution >= 4 is 35.7 Å². The molecular formula is C25H29N3O3. The maximum atomic E-state index is 12.9. The minimum atomic E-state index is -0.779. The van der Waals surface area contributed by atoms with E-state index >= 15 is 0 Å². The summed E-state index contributed by atoms with van der Waals surface area (Å²) in [6.45, 7) is 1.60. The molecule has 0 saturated carbocycles. The molecule has 0 aliphatic carbocycles. The SMILES string of the molecule is O=C(O)CCCC/C=N/c1cc(C(=O)N2CCCCC2)ccc1/N=C/c1ccccc1. The third kappa shape index (κ3) is 7.17. The van der Waals surface area contributed by atoms with E-state index < -0.39 is 5.97 Å². The van der Waals surface area contributed by atoms with E-state index in [9.17, 15) is 9.59 Å². The molecule has 1 heterocycles. The summed E-state index contributed by atoms with van der Waals surface area (Å²) in [5.41, 5.74) is 2.95. The van der Waals surface area contributed by atoms with E-state index in [0.29, 0.717) is 29.8 Å². The van der Waals surface area contributed by atoms with Gasteiger partial charge in [-0.05, 0) is 62.3 Å². The molecule has 0 atom stereocenters. The van der Waals surface area contributed by atoms with Crippen molar-refractivity contribution in [2.45, 2.75) is 44.9 Å². The normalized spacial score (nSPS) is 14.4. The standard InChI is InChI=1S/C25H29N3O3/c29-24(30)12-6-2-7-15-26-23-18-21(25(31)28-16-8-3-9-17-28)13-14-22(23)27-19-20-10-4-1-5-11-20/h1,4-5,10-11,13-15,18-19H,2-3,6-9,12,16-17H2,(H,29,30)/b26-15+,27-19+. The molecule has 2 aromatic carbocycles. The van der Waals surface area contributed by atoms with Gasteiger partial charge in [-0.2, -0.15) is 0 Å². The Morgan fingerprint density at radius 2 is 1.71 bits per heavy atom. The van der Waals surface area contributed by atoms with Gasteiger partial charge in [-0.3, -0.25) is 19.6 Å². The van der Waals surface area contributed by atoms with Crippen LogP contribution < -0.4 is 0 Å².